The van der Waals surface area contributed by atoms with Crippen LogP contribution in [0.3, 0.4) is 0 Å². The molecule has 0 aliphatic carbocycles. The molecule has 0 bridgehead atoms. The van der Waals surface area contributed by atoms with Crippen LogP contribution in [0.25, 0.3) is 16.9 Å². The summed E-state index contributed by atoms with van der Waals surface area (Å²) in [6.45, 7) is 0.558. The molecule has 0 aliphatic heterocycles. The Labute approximate surface area is 182 Å². The predicted molar refractivity (Wildman–Crippen MR) is 121 cm³/mol. The highest BCUT2D eigenvalue weighted by molar-refractivity contribution is 6.42. The predicted octanol–water partition coefficient (Wildman–Crippen LogP) is 6.40. The maximum atomic E-state index is 12.9. The second-order valence-electron chi connectivity index (χ2n) is 6.43. The van der Waals surface area contributed by atoms with Crippen LogP contribution < -0.4 is 11.0 Å². The summed E-state index contributed by atoms with van der Waals surface area (Å²) < 4.78 is 1.57. The van der Waals surface area contributed by atoms with Crippen molar-refractivity contribution in [2.75, 3.05) is 5.32 Å². The first-order valence-corrected chi connectivity index (χ1v) is 10.0. The number of anilines is 1. The third kappa shape index (κ3) is 4.20. The van der Waals surface area contributed by atoms with Crippen LogP contribution in [0.2, 0.25) is 15.1 Å². The molecular formula is C22H16Cl3N3O. The van der Waals surface area contributed by atoms with Crippen molar-refractivity contribution in [3.05, 3.63) is 104 Å². The summed E-state index contributed by atoms with van der Waals surface area (Å²) in [5.41, 5.74) is 2.93. The molecule has 0 fully saturated rings. The molecule has 7 heteroatoms. The zero-order chi connectivity index (χ0) is 20.4. The first-order chi connectivity index (χ1) is 14.0. The van der Waals surface area contributed by atoms with E-state index >= 15 is 0 Å². The van der Waals surface area contributed by atoms with Gasteiger partial charge in [0.05, 0.1) is 21.4 Å². The monoisotopic (exact) mass is 443 g/mol. The highest BCUT2D eigenvalue weighted by atomic mass is 35.5. The Balaban J connectivity index is 1.83. The van der Waals surface area contributed by atoms with Crippen LogP contribution in [0.1, 0.15) is 5.56 Å². The molecule has 0 saturated carbocycles. The van der Waals surface area contributed by atoms with Crippen LogP contribution in [0, 0.1) is 0 Å². The number of nitrogens with one attached hydrogen (secondary N) is 2. The highest BCUT2D eigenvalue weighted by Crippen LogP contribution is 2.31. The number of rotatable bonds is 5. The van der Waals surface area contributed by atoms with Gasteiger partial charge in [-0.1, -0.05) is 77.3 Å². The number of benzene rings is 3. The van der Waals surface area contributed by atoms with E-state index < -0.39 is 0 Å². The Hall–Kier alpha value is -2.66. The van der Waals surface area contributed by atoms with E-state index in [2.05, 4.69) is 10.3 Å². The molecule has 3 aromatic carbocycles. The maximum Gasteiger partial charge on any atom is 0.332 e. The molecule has 4 aromatic rings. The normalized spacial score (nSPS) is 10.9. The van der Waals surface area contributed by atoms with Crippen LogP contribution >= 0.6 is 34.8 Å². The molecule has 0 unspecified atom stereocenters. The molecule has 29 heavy (non-hydrogen) atoms. The van der Waals surface area contributed by atoms with Crippen LogP contribution in [-0.4, -0.2) is 9.55 Å². The smallest absolute Gasteiger partial charge is 0.332 e. The molecule has 0 atom stereocenters. The minimum absolute atomic E-state index is 0.288. The van der Waals surface area contributed by atoms with Gasteiger partial charge in [0, 0.05) is 17.1 Å². The molecule has 4 nitrogen and oxygen atoms in total. The summed E-state index contributed by atoms with van der Waals surface area (Å²) in [5, 5.41) is 4.75. The van der Waals surface area contributed by atoms with Gasteiger partial charge in [-0.2, -0.15) is 0 Å². The third-order valence-corrected chi connectivity index (χ3v) is 5.48. The summed E-state index contributed by atoms with van der Waals surface area (Å²) in [6, 6.07) is 22.3. The lowest BCUT2D eigenvalue weighted by Crippen LogP contribution is -2.15. The van der Waals surface area contributed by atoms with Crippen molar-refractivity contribution in [2.45, 2.75) is 6.54 Å². The molecule has 0 saturated heterocycles. The first kappa shape index (κ1) is 19.6. The van der Waals surface area contributed by atoms with Gasteiger partial charge in [-0.25, -0.2) is 4.79 Å². The van der Waals surface area contributed by atoms with Gasteiger partial charge >= 0.3 is 5.69 Å². The number of halogens is 3. The number of nitrogens with zero attached hydrogens (tertiary/aromatic N) is 1. The van der Waals surface area contributed by atoms with Gasteiger partial charge in [-0.3, -0.25) is 9.55 Å². The first-order valence-electron chi connectivity index (χ1n) is 8.87. The number of imidazole rings is 1. The van der Waals surface area contributed by atoms with Gasteiger partial charge in [0.25, 0.3) is 0 Å². The second-order valence-corrected chi connectivity index (χ2v) is 7.68. The number of hydrogen-bond donors (Lipinski definition) is 2. The van der Waals surface area contributed by atoms with Crippen molar-refractivity contribution in [2.24, 2.45) is 0 Å². The van der Waals surface area contributed by atoms with E-state index in [4.69, 9.17) is 34.8 Å². The number of hydrogen-bond acceptors (Lipinski definition) is 2. The van der Waals surface area contributed by atoms with Crippen molar-refractivity contribution in [3.8, 4) is 16.9 Å². The average Bonchev–Trinajstić information content (AvgIpc) is 3.06. The summed E-state index contributed by atoms with van der Waals surface area (Å²) in [4.78, 5) is 15.8. The van der Waals surface area contributed by atoms with Crippen molar-refractivity contribution in [3.63, 3.8) is 0 Å². The van der Waals surface area contributed by atoms with E-state index in [0.29, 0.717) is 38.8 Å². The van der Waals surface area contributed by atoms with Gasteiger partial charge in [0.1, 0.15) is 5.82 Å². The standard InChI is InChI=1S/C22H16Cl3N3O/c23-16-8-6-15(7-9-16)20-21(26-13-14-4-2-1-3-5-14)27-22(29)28(20)17-10-11-18(24)19(25)12-17/h1-12,26H,13H2,(H,27,29). The van der Waals surface area contributed by atoms with E-state index in [1.165, 1.54) is 0 Å². The minimum Gasteiger partial charge on any atom is -0.366 e. The van der Waals surface area contributed by atoms with Crippen LogP contribution in [0.5, 0.6) is 0 Å². The molecule has 0 radical (unpaired) electrons. The Morgan fingerprint density at radius 3 is 2.28 bits per heavy atom. The zero-order valence-electron chi connectivity index (χ0n) is 15.1. The summed E-state index contributed by atoms with van der Waals surface area (Å²) in [5.74, 6) is 0.604. The largest absolute Gasteiger partial charge is 0.366 e. The SMILES string of the molecule is O=c1[nH]c(NCc2ccccc2)c(-c2ccc(Cl)cc2)n1-c1ccc(Cl)c(Cl)c1. The zero-order valence-corrected chi connectivity index (χ0v) is 17.4. The van der Waals surface area contributed by atoms with Crippen molar-refractivity contribution >= 4 is 40.6 Å². The van der Waals surface area contributed by atoms with E-state index in [1.807, 2.05) is 42.5 Å². The molecular weight excluding hydrogens is 429 g/mol. The maximum absolute atomic E-state index is 12.9. The molecule has 1 aromatic heterocycles. The summed E-state index contributed by atoms with van der Waals surface area (Å²) in [7, 11) is 0. The fourth-order valence-corrected chi connectivity index (χ4v) is 3.52. The van der Waals surface area contributed by atoms with Gasteiger partial charge in [-0.15, -0.1) is 0 Å². The van der Waals surface area contributed by atoms with E-state index in [-0.39, 0.29) is 5.69 Å². The lowest BCUT2D eigenvalue weighted by molar-refractivity contribution is 0.993. The van der Waals surface area contributed by atoms with Gasteiger partial charge in [0.15, 0.2) is 0 Å². The van der Waals surface area contributed by atoms with Gasteiger partial charge in [0.2, 0.25) is 0 Å². The minimum atomic E-state index is -0.288. The van der Waals surface area contributed by atoms with Gasteiger partial charge in [-0.05, 0) is 35.9 Å². The number of aromatic amines is 1. The summed E-state index contributed by atoms with van der Waals surface area (Å²) in [6.07, 6.45) is 0. The fraction of sp³-hybridized carbons (Fsp3) is 0.0455. The van der Waals surface area contributed by atoms with Crippen molar-refractivity contribution in [1.29, 1.82) is 0 Å². The lowest BCUT2D eigenvalue weighted by Gasteiger charge is -2.12. The molecule has 0 amide bonds. The van der Waals surface area contributed by atoms with Crippen LogP contribution in [0.15, 0.2) is 77.6 Å². The Morgan fingerprint density at radius 2 is 1.59 bits per heavy atom. The van der Waals surface area contributed by atoms with Crippen molar-refractivity contribution < 1.29 is 0 Å². The Morgan fingerprint density at radius 1 is 0.862 bits per heavy atom. The van der Waals surface area contributed by atoms with Crippen LogP contribution in [-0.2, 0) is 6.54 Å². The van der Waals surface area contributed by atoms with Gasteiger partial charge < -0.3 is 5.32 Å². The molecule has 1 heterocycles. The third-order valence-electron chi connectivity index (χ3n) is 4.49. The van der Waals surface area contributed by atoms with E-state index in [0.717, 1.165) is 11.1 Å². The Bertz CT molecular complexity index is 1200. The quantitative estimate of drug-likeness (QED) is 0.374. The number of H-pyrrole nitrogens is 1. The topological polar surface area (TPSA) is 49.8 Å². The number of aromatic nitrogens is 2. The van der Waals surface area contributed by atoms with E-state index in [9.17, 15) is 4.79 Å². The van der Waals surface area contributed by atoms with Crippen molar-refractivity contribution in [1.82, 2.24) is 9.55 Å². The fourth-order valence-electron chi connectivity index (χ4n) is 3.10. The molecule has 0 aliphatic rings. The molecule has 2 N–H and O–H groups in total. The highest BCUT2D eigenvalue weighted by Gasteiger charge is 2.18. The Kier molecular flexibility index (Phi) is 5.67. The average molecular weight is 445 g/mol. The molecule has 4 rings (SSSR count). The molecule has 0 spiro atoms. The second kappa shape index (κ2) is 8.37. The van der Waals surface area contributed by atoms with Crippen LogP contribution in [0.4, 0.5) is 5.82 Å². The molecule has 146 valence electrons. The summed E-state index contributed by atoms with van der Waals surface area (Å²) >= 11 is 18.3. The van der Waals surface area contributed by atoms with E-state index in [1.54, 1.807) is 34.9 Å². The lowest BCUT2D eigenvalue weighted by atomic mass is 10.1.